The molecule has 1 amide bonds. The fourth-order valence-corrected chi connectivity index (χ4v) is 4.07. The van der Waals surface area contributed by atoms with E-state index in [2.05, 4.69) is 48.4 Å². The second-order valence-electron chi connectivity index (χ2n) is 7.62. The highest BCUT2D eigenvalue weighted by atomic mass is 32.2. The monoisotopic (exact) mass is 408 g/mol. The molecule has 0 aliphatic carbocycles. The number of hydrogen-bond donors (Lipinski definition) is 1. The van der Waals surface area contributed by atoms with Gasteiger partial charge >= 0.3 is 0 Å². The third-order valence-electron chi connectivity index (χ3n) is 5.05. The van der Waals surface area contributed by atoms with Gasteiger partial charge in [-0.2, -0.15) is 0 Å². The van der Waals surface area contributed by atoms with Crippen LogP contribution in [0.15, 0.2) is 47.6 Å². The Morgan fingerprint density at radius 1 is 1.00 bits per heavy atom. The smallest absolute Gasteiger partial charge is 0.237 e. The third-order valence-corrected chi connectivity index (χ3v) is 6.18. The van der Waals surface area contributed by atoms with Crippen LogP contribution in [0.1, 0.15) is 43.4 Å². The summed E-state index contributed by atoms with van der Waals surface area (Å²) < 4.78 is 1.95. The van der Waals surface area contributed by atoms with Gasteiger partial charge in [0, 0.05) is 18.3 Å². The van der Waals surface area contributed by atoms with Gasteiger partial charge in [-0.3, -0.25) is 4.79 Å². The van der Waals surface area contributed by atoms with Crippen molar-refractivity contribution in [1.82, 2.24) is 14.8 Å². The van der Waals surface area contributed by atoms with Crippen LogP contribution >= 0.6 is 11.8 Å². The zero-order chi connectivity index (χ0) is 21.1. The van der Waals surface area contributed by atoms with Crippen molar-refractivity contribution in [3.8, 4) is 11.4 Å². The molecule has 152 valence electrons. The number of para-hydroxylation sites is 1. The first-order valence-electron chi connectivity index (χ1n) is 9.82. The minimum absolute atomic E-state index is 0.0355. The molecule has 29 heavy (non-hydrogen) atoms. The topological polar surface area (TPSA) is 59.8 Å². The molecule has 1 heterocycles. The molecular formula is C23H28N4OS. The number of nitrogens with zero attached hydrogens (tertiary/aromatic N) is 3. The minimum atomic E-state index is -0.303. The summed E-state index contributed by atoms with van der Waals surface area (Å²) in [5, 5.41) is 12.2. The van der Waals surface area contributed by atoms with Crippen LogP contribution in [-0.2, 0) is 11.8 Å². The molecule has 0 aliphatic heterocycles. The van der Waals surface area contributed by atoms with Crippen molar-refractivity contribution in [3.63, 3.8) is 0 Å². The number of aryl methyl sites for hydroxylation is 2. The average molecular weight is 409 g/mol. The molecule has 5 nitrogen and oxygen atoms in total. The molecule has 1 aromatic heterocycles. The summed E-state index contributed by atoms with van der Waals surface area (Å²) in [4.78, 5) is 12.9. The third kappa shape index (κ3) is 4.53. The first kappa shape index (κ1) is 21.1. The number of amides is 1. The molecule has 6 heteroatoms. The lowest BCUT2D eigenvalue weighted by atomic mass is 9.98. The summed E-state index contributed by atoms with van der Waals surface area (Å²) in [6.45, 7) is 10.2. The number of rotatable bonds is 6. The van der Waals surface area contributed by atoms with Gasteiger partial charge in [-0.25, -0.2) is 0 Å². The number of carbonyl (C=O) groups excluding carboxylic acids is 1. The number of hydrogen-bond acceptors (Lipinski definition) is 4. The van der Waals surface area contributed by atoms with E-state index in [9.17, 15) is 4.79 Å². The van der Waals surface area contributed by atoms with Crippen LogP contribution in [0.3, 0.4) is 0 Å². The van der Waals surface area contributed by atoms with Crippen molar-refractivity contribution < 1.29 is 4.79 Å². The standard InChI is InChI=1S/C23H28N4OS/c1-14(2)18-13-9-11-16(4)20(18)24-22(28)17(5)29-23-26-25-21(27(23)6)19-12-8-7-10-15(19)3/h7-14,17H,1-6H3,(H,24,28)/t17-/m0/s1. The lowest BCUT2D eigenvalue weighted by Gasteiger charge is -2.18. The molecule has 1 N–H and O–H groups in total. The zero-order valence-electron chi connectivity index (χ0n) is 17.9. The lowest BCUT2D eigenvalue weighted by Crippen LogP contribution is -2.24. The van der Waals surface area contributed by atoms with E-state index in [1.807, 2.05) is 55.8 Å². The van der Waals surface area contributed by atoms with Gasteiger partial charge in [-0.05, 0) is 43.4 Å². The minimum Gasteiger partial charge on any atom is -0.325 e. The van der Waals surface area contributed by atoms with Crippen LogP contribution in [0.2, 0.25) is 0 Å². The Bertz CT molecular complexity index is 1030. The molecule has 0 bridgehead atoms. The van der Waals surface area contributed by atoms with Crippen LogP contribution in [0.25, 0.3) is 11.4 Å². The highest BCUT2D eigenvalue weighted by Crippen LogP contribution is 2.30. The molecule has 0 aliphatic rings. The van der Waals surface area contributed by atoms with Crippen LogP contribution in [-0.4, -0.2) is 25.9 Å². The maximum Gasteiger partial charge on any atom is 0.237 e. The fourth-order valence-electron chi connectivity index (χ4n) is 3.25. The number of anilines is 1. The SMILES string of the molecule is Cc1ccccc1-c1nnc(S[C@@H](C)C(=O)Nc2c(C)cccc2C(C)C)n1C. The van der Waals surface area contributed by atoms with Gasteiger partial charge < -0.3 is 9.88 Å². The van der Waals surface area contributed by atoms with Crippen LogP contribution in [0, 0.1) is 13.8 Å². The first-order chi connectivity index (χ1) is 13.8. The first-order valence-corrected chi connectivity index (χ1v) is 10.7. The Hall–Kier alpha value is -2.60. The summed E-state index contributed by atoms with van der Waals surface area (Å²) in [5.74, 6) is 1.11. The Labute approximate surface area is 176 Å². The largest absolute Gasteiger partial charge is 0.325 e. The predicted molar refractivity (Wildman–Crippen MR) is 120 cm³/mol. The van der Waals surface area contributed by atoms with Gasteiger partial charge in [-0.1, -0.05) is 68.1 Å². The lowest BCUT2D eigenvalue weighted by molar-refractivity contribution is -0.115. The van der Waals surface area contributed by atoms with Gasteiger partial charge in [0.05, 0.1) is 5.25 Å². The Balaban J connectivity index is 1.77. The Morgan fingerprint density at radius 3 is 2.38 bits per heavy atom. The van der Waals surface area contributed by atoms with E-state index in [0.717, 1.165) is 38.9 Å². The van der Waals surface area contributed by atoms with Crippen molar-refractivity contribution in [2.75, 3.05) is 5.32 Å². The van der Waals surface area contributed by atoms with E-state index < -0.39 is 0 Å². The summed E-state index contributed by atoms with van der Waals surface area (Å²) in [7, 11) is 1.94. The van der Waals surface area contributed by atoms with Crippen LogP contribution in [0.4, 0.5) is 5.69 Å². The molecule has 0 radical (unpaired) electrons. The normalized spacial score (nSPS) is 12.2. The fraction of sp³-hybridized carbons (Fsp3) is 0.348. The summed E-state index contributed by atoms with van der Waals surface area (Å²) >= 11 is 1.42. The highest BCUT2D eigenvalue weighted by molar-refractivity contribution is 8.00. The molecule has 3 rings (SSSR count). The molecular weight excluding hydrogens is 380 g/mol. The van der Waals surface area contributed by atoms with Gasteiger partial charge in [0.1, 0.15) is 0 Å². The van der Waals surface area contributed by atoms with Gasteiger partial charge in [0.2, 0.25) is 5.91 Å². The van der Waals surface area contributed by atoms with Crippen molar-refractivity contribution >= 4 is 23.4 Å². The highest BCUT2D eigenvalue weighted by Gasteiger charge is 2.21. The van der Waals surface area contributed by atoms with Gasteiger partial charge in [-0.15, -0.1) is 10.2 Å². The van der Waals surface area contributed by atoms with Crippen molar-refractivity contribution in [3.05, 3.63) is 59.2 Å². The van der Waals surface area contributed by atoms with Crippen LogP contribution in [0.5, 0.6) is 0 Å². The number of carbonyl (C=O) groups is 1. The van der Waals surface area contributed by atoms with E-state index in [0.29, 0.717) is 5.92 Å². The predicted octanol–water partition coefficient (Wildman–Crippen LogP) is 5.34. The molecule has 1 atom stereocenters. The van der Waals surface area contributed by atoms with E-state index >= 15 is 0 Å². The maximum absolute atomic E-state index is 12.9. The van der Waals surface area contributed by atoms with E-state index in [1.165, 1.54) is 11.8 Å². The molecule has 0 saturated carbocycles. The van der Waals surface area contributed by atoms with Crippen molar-refractivity contribution in [2.45, 2.75) is 50.9 Å². The summed E-state index contributed by atoms with van der Waals surface area (Å²) in [6, 6.07) is 14.2. The molecule has 0 fully saturated rings. The molecule has 0 spiro atoms. The summed E-state index contributed by atoms with van der Waals surface area (Å²) in [5.41, 5.74) is 5.33. The Morgan fingerprint density at radius 2 is 1.69 bits per heavy atom. The second-order valence-corrected chi connectivity index (χ2v) is 8.93. The molecule has 0 unspecified atom stereocenters. The van der Waals surface area contributed by atoms with Crippen LogP contribution < -0.4 is 5.32 Å². The zero-order valence-corrected chi connectivity index (χ0v) is 18.7. The Kier molecular flexibility index (Phi) is 6.42. The summed E-state index contributed by atoms with van der Waals surface area (Å²) in [6.07, 6.45) is 0. The number of thioether (sulfide) groups is 1. The second kappa shape index (κ2) is 8.82. The van der Waals surface area contributed by atoms with Gasteiger partial charge in [0.25, 0.3) is 0 Å². The van der Waals surface area contributed by atoms with Crippen molar-refractivity contribution in [1.29, 1.82) is 0 Å². The van der Waals surface area contributed by atoms with E-state index in [1.54, 1.807) is 0 Å². The maximum atomic E-state index is 12.9. The molecule has 2 aromatic carbocycles. The average Bonchev–Trinajstić information content (AvgIpc) is 3.03. The quantitative estimate of drug-likeness (QED) is 0.559. The van der Waals surface area contributed by atoms with E-state index in [4.69, 9.17) is 0 Å². The van der Waals surface area contributed by atoms with E-state index in [-0.39, 0.29) is 11.2 Å². The number of aromatic nitrogens is 3. The number of benzene rings is 2. The molecule has 0 saturated heterocycles. The number of nitrogens with one attached hydrogen (secondary N) is 1. The van der Waals surface area contributed by atoms with Gasteiger partial charge in [0.15, 0.2) is 11.0 Å². The van der Waals surface area contributed by atoms with Crippen molar-refractivity contribution in [2.24, 2.45) is 7.05 Å². The molecule has 3 aromatic rings.